The average molecular weight is 230 g/mol. The van der Waals surface area contributed by atoms with Gasteiger partial charge in [-0.1, -0.05) is 20.8 Å². The van der Waals surface area contributed by atoms with E-state index in [-0.39, 0.29) is 17.4 Å². The molecular formula is C11H22N2OS. The molecule has 0 aromatic carbocycles. The van der Waals surface area contributed by atoms with Crippen LogP contribution in [-0.2, 0) is 4.79 Å². The summed E-state index contributed by atoms with van der Waals surface area (Å²) in [6.07, 6.45) is 1.09. The second-order valence-corrected chi connectivity index (χ2v) is 6.36. The minimum Gasteiger partial charge on any atom is -0.340 e. The molecule has 2 N–H and O–H groups in total. The summed E-state index contributed by atoms with van der Waals surface area (Å²) in [7, 11) is 0. The molecule has 0 radical (unpaired) electrons. The summed E-state index contributed by atoms with van der Waals surface area (Å²) in [6, 6.07) is -0.374. The smallest absolute Gasteiger partial charge is 0.240 e. The number of nitrogens with zero attached hydrogens (tertiary/aromatic N) is 1. The van der Waals surface area contributed by atoms with Gasteiger partial charge in [-0.3, -0.25) is 4.79 Å². The van der Waals surface area contributed by atoms with E-state index in [2.05, 4.69) is 0 Å². The third-order valence-corrected chi connectivity index (χ3v) is 3.78. The van der Waals surface area contributed by atoms with Gasteiger partial charge < -0.3 is 10.6 Å². The van der Waals surface area contributed by atoms with Crippen molar-refractivity contribution in [2.75, 3.05) is 24.6 Å². The molecule has 88 valence electrons. The van der Waals surface area contributed by atoms with Crippen molar-refractivity contribution >= 4 is 17.7 Å². The Morgan fingerprint density at radius 3 is 2.60 bits per heavy atom. The van der Waals surface area contributed by atoms with E-state index in [0.29, 0.717) is 0 Å². The molecule has 3 nitrogen and oxygen atoms in total. The van der Waals surface area contributed by atoms with Crippen LogP contribution in [0, 0.1) is 5.41 Å². The summed E-state index contributed by atoms with van der Waals surface area (Å²) in [4.78, 5) is 14.0. The van der Waals surface area contributed by atoms with Crippen molar-refractivity contribution in [2.24, 2.45) is 11.1 Å². The number of rotatable bonds is 1. The maximum absolute atomic E-state index is 12.1. The van der Waals surface area contributed by atoms with Crippen molar-refractivity contribution in [3.05, 3.63) is 0 Å². The van der Waals surface area contributed by atoms with Gasteiger partial charge in [0.05, 0.1) is 6.04 Å². The van der Waals surface area contributed by atoms with E-state index in [0.717, 1.165) is 31.0 Å². The zero-order chi connectivity index (χ0) is 11.5. The predicted octanol–water partition coefficient (Wildman–Crippen LogP) is 1.33. The molecule has 1 heterocycles. The largest absolute Gasteiger partial charge is 0.340 e. The van der Waals surface area contributed by atoms with E-state index >= 15 is 0 Å². The van der Waals surface area contributed by atoms with E-state index in [1.807, 2.05) is 37.4 Å². The molecule has 1 atom stereocenters. The Morgan fingerprint density at radius 1 is 1.33 bits per heavy atom. The molecule has 1 fully saturated rings. The first-order chi connectivity index (χ1) is 6.93. The van der Waals surface area contributed by atoms with Crippen LogP contribution in [0.3, 0.4) is 0 Å². The van der Waals surface area contributed by atoms with Crippen molar-refractivity contribution < 1.29 is 4.79 Å². The Morgan fingerprint density at radius 2 is 2.00 bits per heavy atom. The van der Waals surface area contributed by atoms with Crippen molar-refractivity contribution in [1.29, 1.82) is 0 Å². The van der Waals surface area contributed by atoms with E-state index < -0.39 is 0 Å². The average Bonchev–Trinajstić information content (AvgIpc) is 2.42. The van der Waals surface area contributed by atoms with Crippen LogP contribution in [-0.4, -0.2) is 41.4 Å². The summed E-state index contributed by atoms with van der Waals surface area (Å²) in [5.74, 6) is 2.32. The van der Waals surface area contributed by atoms with E-state index in [1.54, 1.807) is 0 Å². The molecule has 1 aliphatic heterocycles. The van der Waals surface area contributed by atoms with Crippen LogP contribution in [0.4, 0.5) is 0 Å². The fraction of sp³-hybridized carbons (Fsp3) is 0.909. The molecule has 1 amide bonds. The summed E-state index contributed by atoms with van der Waals surface area (Å²) in [6.45, 7) is 7.77. The highest BCUT2D eigenvalue weighted by Crippen LogP contribution is 2.20. The highest BCUT2D eigenvalue weighted by molar-refractivity contribution is 7.99. The number of thioether (sulfide) groups is 1. The molecule has 1 rings (SSSR count). The van der Waals surface area contributed by atoms with Gasteiger partial charge in [-0.25, -0.2) is 0 Å². The lowest BCUT2D eigenvalue weighted by atomic mass is 9.86. The molecule has 1 aliphatic rings. The summed E-state index contributed by atoms with van der Waals surface area (Å²) in [5.41, 5.74) is 5.84. The molecule has 0 saturated carbocycles. The van der Waals surface area contributed by atoms with Crippen molar-refractivity contribution in [3.63, 3.8) is 0 Å². The number of nitrogens with two attached hydrogens (primary N) is 1. The lowest BCUT2D eigenvalue weighted by molar-refractivity contribution is -0.134. The van der Waals surface area contributed by atoms with Gasteiger partial charge in [0.1, 0.15) is 0 Å². The first kappa shape index (κ1) is 12.8. The van der Waals surface area contributed by atoms with Crippen LogP contribution in [0.15, 0.2) is 0 Å². The topological polar surface area (TPSA) is 46.3 Å². The monoisotopic (exact) mass is 230 g/mol. The number of carbonyl (C=O) groups excluding carboxylic acids is 1. The molecule has 0 aromatic rings. The Balaban J connectivity index is 2.58. The lowest BCUT2D eigenvalue weighted by Gasteiger charge is -2.31. The van der Waals surface area contributed by atoms with Crippen LogP contribution in [0.1, 0.15) is 27.2 Å². The molecule has 0 unspecified atom stereocenters. The van der Waals surface area contributed by atoms with Gasteiger partial charge in [0, 0.05) is 18.8 Å². The third-order valence-electron chi connectivity index (χ3n) is 2.73. The van der Waals surface area contributed by atoms with Gasteiger partial charge >= 0.3 is 0 Å². The Hall–Kier alpha value is -0.220. The van der Waals surface area contributed by atoms with Gasteiger partial charge in [-0.05, 0) is 17.6 Å². The Bertz CT molecular complexity index is 217. The molecular weight excluding hydrogens is 208 g/mol. The second kappa shape index (κ2) is 5.21. The zero-order valence-corrected chi connectivity index (χ0v) is 10.8. The van der Waals surface area contributed by atoms with E-state index in [1.165, 1.54) is 0 Å². The normalized spacial score (nSPS) is 20.9. The van der Waals surface area contributed by atoms with Crippen LogP contribution in [0.5, 0.6) is 0 Å². The second-order valence-electron chi connectivity index (χ2n) is 5.13. The number of hydrogen-bond donors (Lipinski definition) is 1. The number of amides is 1. The van der Waals surface area contributed by atoms with Crippen molar-refractivity contribution in [1.82, 2.24) is 4.90 Å². The molecule has 0 bridgehead atoms. The van der Waals surface area contributed by atoms with Crippen LogP contribution in [0.2, 0.25) is 0 Å². The number of hydrogen-bond acceptors (Lipinski definition) is 3. The lowest BCUT2D eigenvalue weighted by Crippen LogP contribution is -2.50. The minimum atomic E-state index is -0.374. The molecule has 1 saturated heterocycles. The van der Waals surface area contributed by atoms with Gasteiger partial charge in [-0.15, -0.1) is 0 Å². The summed E-state index contributed by atoms with van der Waals surface area (Å²) in [5, 5.41) is 0. The van der Waals surface area contributed by atoms with Crippen LogP contribution < -0.4 is 5.73 Å². The minimum absolute atomic E-state index is 0.116. The molecule has 0 aromatic heterocycles. The first-order valence-corrected chi connectivity index (χ1v) is 6.70. The summed E-state index contributed by atoms with van der Waals surface area (Å²) < 4.78 is 0. The molecule has 0 aliphatic carbocycles. The maximum Gasteiger partial charge on any atom is 0.240 e. The molecule has 0 spiro atoms. The van der Waals surface area contributed by atoms with Crippen LogP contribution >= 0.6 is 11.8 Å². The Kier molecular flexibility index (Phi) is 4.46. The van der Waals surface area contributed by atoms with Gasteiger partial charge in [0.2, 0.25) is 5.91 Å². The quantitative estimate of drug-likeness (QED) is 0.739. The Labute approximate surface area is 96.8 Å². The fourth-order valence-corrected chi connectivity index (χ4v) is 2.42. The van der Waals surface area contributed by atoms with Crippen molar-refractivity contribution in [3.8, 4) is 0 Å². The number of carbonyl (C=O) groups is 1. The van der Waals surface area contributed by atoms with Gasteiger partial charge in [-0.2, -0.15) is 11.8 Å². The van der Waals surface area contributed by atoms with Crippen LogP contribution in [0.25, 0.3) is 0 Å². The fourth-order valence-electron chi connectivity index (χ4n) is 1.53. The molecule has 4 heteroatoms. The predicted molar refractivity (Wildman–Crippen MR) is 66.0 cm³/mol. The van der Waals surface area contributed by atoms with Gasteiger partial charge in [0.15, 0.2) is 0 Å². The SMILES string of the molecule is CC(C)(C)[C@H](N)C(=O)N1CCCSCC1. The standard InChI is InChI=1S/C11H22N2OS/c1-11(2,3)9(12)10(14)13-5-4-7-15-8-6-13/h9H,4-8,12H2,1-3H3/t9-/m1/s1. The van der Waals surface area contributed by atoms with Gasteiger partial charge in [0.25, 0.3) is 0 Å². The highest BCUT2D eigenvalue weighted by Gasteiger charge is 2.31. The van der Waals surface area contributed by atoms with Crippen molar-refractivity contribution in [2.45, 2.75) is 33.2 Å². The maximum atomic E-state index is 12.1. The van der Waals surface area contributed by atoms with E-state index in [9.17, 15) is 4.79 Å². The van der Waals surface area contributed by atoms with E-state index in [4.69, 9.17) is 5.73 Å². The zero-order valence-electron chi connectivity index (χ0n) is 9.95. The molecule has 15 heavy (non-hydrogen) atoms. The highest BCUT2D eigenvalue weighted by atomic mass is 32.2. The third kappa shape index (κ3) is 3.68. The first-order valence-electron chi connectivity index (χ1n) is 5.55. The summed E-state index contributed by atoms with van der Waals surface area (Å²) >= 11 is 1.92.